The second kappa shape index (κ2) is 7.47. The summed E-state index contributed by atoms with van der Waals surface area (Å²) in [4.78, 5) is 12.0. The number of aryl methyl sites for hydroxylation is 1. The molecule has 1 fully saturated rings. The van der Waals surface area contributed by atoms with Crippen LogP contribution in [0.5, 0.6) is 0 Å². The summed E-state index contributed by atoms with van der Waals surface area (Å²) in [5.41, 5.74) is 1.11. The second-order valence-corrected chi connectivity index (χ2v) is 5.48. The molecule has 0 radical (unpaired) electrons. The summed E-state index contributed by atoms with van der Waals surface area (Å²) >= 11 is 0. The van der Waals surface area contributed by atoms with Crippen LogP contribution < -0.4 is 10.6 Å². The van der Waals surface area contributed by atoms with E-state index in [1.165, 1.54) is 6.42 Å². The Morgan fingerprint density at radius 1 is 1.50 bits per heavy atom. The van der Waals surface area contributed by atoms with Gasteiger partial charge in [-0.25, -0.2) is 0 Å². The SMILES string of the molecule is Cc1ccc(-c2cc(C(=O)NCCC3CCNC3)n[nH]2)o1.Cl. The van der Waals surface area contributed by atoms with Crippen LogP contribution in [0.25, 0.3) is 11.5 Å². The molecule has 2 aromatic heterocycles. The van der Waals surface area contributed by atoms with Crippen molar-refractivity contribution in [1.82, 2.24) is 20.8 Å². The molecule has 1 atom stereocenters. The van der Waals surface area contributed by atoms with Crippen molar-refractivity contribution in [2.45, 2.75) is 19.8 Å². The summed E-state index contributed by atoms with van der Waals surface area (Å²) in [5.74, 6) is 2.05. The van der Waals surface area contributed by atoms with Crippen molar-refractivity contribution in [2.24, 2.45) is 5.92 Å². The summed E-state index contributed by atoms with van der Waals surface area (Å²) in [6.45, 7) is 4.71. The predicted molar refractivity (Wildman–Crippen MR) is 86.2 cm³/mol. The molecule has 1 aliphatic heterocycles. The zero-order chi connectivity index (χ0) is 14.7. The Morgan fingerprint density at radius 2 is 2.36 bits per heavy atom. The Labute approximate surface area is 135 Å². The Bertz CT molecular complexity index is 617. The van der Waals surface area contributed by atoms with Crippen LogP contribution in [0.4, 0.5) is 0 Å². The van der Waals surface area contributed by atoms with Crippen molar-refractivity contribution in [2.75, 3.05) is 19.6 Å². The molecule has 2 aromatic rings. The maximum atomic E-state index is 12.0. The van der Waals surface area contributed by atoms with Gasteiger partial charge in [0, 0.05) is 12.6 Å². The van der Waals surface area contributed by atoms with Crippen LogP contribution in [0.2, 0.25) is 0 Å². The maximum absolute atomic E-state index is 12.0. The van der Waals surface area contributed by atoms with E-state index in [2.05, 4.69) is 20.8 Å². The number of furan rings is 1. The fourth-order valence-electron chi connectivity index (χ4n) is 2.58. The van der Waals surface area contributed by atoms with Gasteiger partial charge in [-0.1, -0.05) is 0 Å². The average molecular weight is 325 g/mol. The molecular weight excluding hydrogens is 304 g/mol. The Kier molecular flexibility index (Phi) is 5.63. The molecule has 7 heteroatoms. The van der Waals surface area contributed by atoms with E-state index < -0.39 is 0 Å². The van der Waals surface area contributed by atoms with E-state index >= 15 is 0 Å². The third kappa shape index (κ3) is 3.90. The second-order valence-electron chi connectivity index (χ2n) is 5.48. The van der Waals surface area contributed by atoms with E-state index in [0.29, 0.717) is 29.6 Å². The third-order valence-corrected chi connectivity index (χ3v) is 3.82. The molecule has 3 heterocycles. The van der Waals surface area contributed by atoms with Gasteiger partial charge in [0.2, 0.25) is 0 Å². The van der Waals surface area contributed by atoms with Gasteiger partial charge in [0.15, 0.2) is 11.5 Å². The highest BCUT2D eigenvalue weighted by atomic mass is 35.5. The molecule has 1 unspecified atom stereocenters. The molecule has 0 aliphatic carbocycles. The number of aromatic amines is 1. The lowest BCUT2D eigenvalue weighted by atomic mass is 10.1. The van der Waals surface area contributed by atoms with Crippen molar-refractivity contribution >= 4 is 18.3 Å². The van der Waals surface area contributed by atoms with E-state index in [1.807, 2.05) is 19.1 Å². The fourth-order valence-corrected chi connectivity index (χ4v) is 2.58. The number of hydrogen-bond acceptors (Lipinski definition) is 4. The van der Waals surface area contributed by atoms with Crippen LogP contribution >= 0.6 is 12.4 Å². The molecule has 0 spiro atoms. The van der Waals surface area contributed by atoms with Crippen molar-refractivity contribution in [3.63, 3.8) is 0 Å². The number of halogens is 1. The summed E-state index contributed by atoms with van der Waals surface area (Å²) in [6, 6.07) is 5.45. The van der Waals surface area contributed by atoms with E-state index in [0.717, 1.165) is 25.3 Å². The Morgan fingerprint density at radius 3 is 3.05 bits per heavy atom. The minimum Gasteiger partial charge on any atom is -0.460 e. The Balaban J connectivity index is 0.00000176. The lowest BCUT2D eigenvalue weighted by Gasteiger charge is -2.08. The van der Waals surface area contributed by atoms with Gasteiger partial charge in [-0.15, -0.1) is 12.4 Å². The number of aromatic nitrogens is 2. The zero-order valence-electron chi connectivity index (χ0n) is 12.5. The van der Waals surface area contributed by atoms with Crippen LogP contribution in [0, 0.1) is 12.8 Å². The van der Waals surface area contributed by atoms with Crippen LogP contribution in [-0.4, -0.2) is 35.7 Å². The zero-order valence-corrected chi connectivity index (χ0v) is 13.3. The minimum absolute atomic E-state index is 0. The van der Waals surface area contributed by atoms with Gasteiger partial charge >= 0.3 is 0 Å². The first kappa shape index (κ1) is 16.6. The van der Waals surface area contributed by atoms with Crippen LogP contribution in [0.15, 0.2) is 22.6 Å². The summed E-state index contributed by atoms with van der Waals surface area (Å²) < 4.78 is 5.50. The molecular formula is C15H21ClN4O2. The maximum Gasteiger partial charge on any atom is 0.271 e. The van der Waals surface area contributed by atoms with Gasteiger partial charge in [0.05, 0.1) is 0 Å². The highest BCUT2D eigenvalue weighted by Gasteiger charge is 2.16. The van der Waals surface area contributed by atoms with Crippen LogP contribution in [0.3, 0.4) is 0 Å². The monoisotopic (exact) mass is 324 g/mol. The van der Waals surface area contributed by atoms with Gasteiger partial charge in [-0.2, -0.15) is 5.10 Å². The summed E-state index contributed by atoms with van der Waals surface area (Å²) in [5, 5.41) is 13.1. The average Bonchev–Trinajstić information content (AvgIpc) is 3.19. The number of hydrogen-bond donors (Lipinski definition) is 3. The van der Waals surface area contributed by atoms with Crippen molar-refractivity contribution in [3.05, 3.63) is 29.7 Å². The van der Waals surface area contributed by atoms with Crippen molar-refractivity contribution in [3.8, 4) is 11.5 Å². The van der Waals surface area contributed by atoms with Gasteiger partial charge in [-0.3, -0.25) is 9.89 Å². The predicted octanol–water partition coefficient (Wildman–Crippen LogP) is 2.13. The number of nitrogens with zero attached hydrogens (tertiary/aromatic N) is 1. The molecule has 22 heavy (non-hydrogen) atoms. The topological polar surface area (TPSA) is 83.0 Å². The first-order chi connectivity index (χ1) is 10.2. The smallest absolute Gasteiger partial charge is 0.271 e. The number of carbonyl (C=O) groups excluding carboxylic acids is 1. The van der Waals surface area contributed by atoms with E-state index in [9.17, 15) is 4.79 Å². The third-order valence-electron chi connectivity index (χ3n) is 3.82. The van der Waals surface area contributed by atoms with Gasteiger partial charge in [0.1, 0.15) is 11.5 Å². The molecule has 3 N–H and O–H groups in total. The highest BCUT2D eigenvalue weighted by molar-refractivity contribution is 5.93. The minimum atomic E-state index is -0.147. The quantitative estimate of drug-likeness (QED) is 0.786. The van der Waals surface area contributed by atoms with Crippen molar-refractivity contribution < 1.29 is 9.21 Å². The van der Waals surface area contributed by atoms with E-state index in [4.69, 9.17) is 4.42 Å². The molecule has 0 bridgehead atoms. The fraction of sp³-hybridized carbons (Fsp3) is 0.467. The number of H-pyrrole nitrogens is 1. The normalized spacial score (nSPS) is 17.2. The molecule has 6 nitrogen and oxygen atoms in total. The molecule has 0 saturated carbocycles. The van der Waals surface area contributed by atoms with Crippen LogP contribution in [0.1, 0.15) is 29.1 Å². The lowest BCUT2D eigenvalue weighted by Crippen LogP contribution is -2.26. The molecule has 1 aliphatic rings. The Hall–Kier alpha value is -1.79. The van der Waals surface area contributed by atoms with Gasteiger partial charge in [0.25, 0.3) is 5.91 Å². The number of amides is 1. The van der Waals surface area contributed by atoms with Gasteiger partial charge in [-0.05, 0) is 50.9 Å². The largest absolute Gasteiger partial charge is 0.460 e. The number of nitrogens with one attached hydrogen (secondary N) is 3. The number of rotatable bonds is 5. The molecule has 1 saturated heterocycles. The molecule has 0 aromatic carbocycles. The van der Waals surface area contributed by atoms with E-state index in [-0.39, 0.29) is 18.3 Å². The standard InChI is InChI=1S/C15H20N4O2.ClH/c1-10-2-3-14(21-10)12-8-13(19-18-12)15(20)17-7-5-11-4-6-16-9-11;/h2-3,8,11,16H,4-7,9H2,1H3,(H,17,20)(H,18,19);1H. The molecule has 120 valence electrons. The summed E-state index contributed by atoms with van der Waals surface area (Å²) in [6.07, 6.45) is 2.20. The van der Waals surface area contributed by atoms with Crippen LogP contribution in [-0.2, 0) is 0 Å². The highest BCUT2D eigenvalue weighted by Crippen LogP contribution is 2.20. The van der Waals surface area contributed by atoms with E-state index in [1.54, 1.807) is 6.07 Å². The first-order valence-electron chi connectivity index (χ1n) is 7.33. The number of carbonyl (C=O) groups is 1. The first-order valence-corrected chi connectivity index (χ1v) is 7.33. The molecule has 3 rings (SSSR count). The van der Waals surface area contributed by atoms with Gasteiger partial charge < -0.3 is 15.1 Å². The van der Waals surface area contributed by atoms with Crippen molar-refractivity contribution in [1.29, 1.82) is 0 Å². The molecule has 1 amide bonds. The summed E-state index contributed by atoms with van der Waals surface area (Å²) in [7, 11) is 0. The lowest BCUT2D eigenvalue weighted by molar-refractivity contribution is 0.0946.